The van der Waals surface area contributed by atoms with E-state index in [-0.39, 0.29) is 35.9 Å². The second-order valence-corrected chi connectivity index (χ2v) is 5.50. The van der Waals surface area contributed by atoms with Gasteiger partial charge in [0.25, 0.3) is 0 Å². The van der Waals surface area contributed by atoms with Crippen molar-refractivity contribution in [2.75, 3.05) is 13.1 Å². The van der Waals surface area contributed by atoms with Crippen molar-refractivity contribution in [2.24, 2.45) is 4.99 Å². The van der Waals surface area contributed by atoms with E-state index in [1.807, 2.05) is 32.0 Å². The zero-order chi connectivity index (χ0) is 17.9. The highest BCUT2D eigenvalue weighted by molar-refractivity contribution is 14.0. The molecular weight excluding hydrogens is 446 g/mol. The number of aliphatic imine (C=N–C) groups is 1. The molecule has 0 aliphatic heterocycles. The van der Waals surface area contributed by atoms with Crippen LogP contribution in [0.5, 0.6) is 5.75 Å². The predicted octanol–water partition coefficient (Wildman–Crippen LogP) is 3.75. The molecule has 1 heterocycles. The molecule has 0 aliphatic rings. The maximum Gasteiger partial charge on any atom is 0.191 e. The number of rotatable bonds is 8. The molecular formula is C19H26FIN4O. The van der Waals surface area contributed by atoms with Crippen LogP contribution in [-0.2, 0) is 6.54 Å². The third kappa shape index (κ3) is 7.99. The number of nitrogens with one attached hydrogen (secondary N) is 2. The first-order chi connectivity index (χ1) is 12.2. The highest BCUT2D eigenvalue weighted by Crippen LogP contribution is 2.14. The molecule has 0 saturated carbocycles. The fourth-order valence-corrected chi connectivity index (χ4v) is 2.21. The number of hydrogen-bond acceptors (Lipinski definition) is 3. The van der Waals surface area contributed by atoms with Gasteiger partial charge in [-0.05, 0) is 37.6 Å². The SMILES string of the molecule is CCNC(=NCc1ccccn1)NCC(CC)Oc1cccc(F)c1.I. The van der Waals surface area contributed by atoms with Gasteiger partial charge >= 0.3 is 0 Å². The van der Waals surface area contributed by atoms with Crippen molar-refractivity contribution in [2.45, 2.75) is 32.9 Å². The lowest BCUT2D eigenvalue weighted by Crippen LogP contribution is -2.42. The van der Waals surface area contributed by atoms with E-state index in [0.717, 1.165) is 18.7 Å². The topological polar surface area (TPSA) is 58.5 Å². The van der Waals surface area contributed by atoms with Crippen LogP contribution in [0.1, 0.15) is 26.0 Å². The number of benzene rings is 1. The summed E-state index contributed by atoms with van der Waals surface area (Å²) in [5.74, 6) is 0.934. The summed E-state index contributed by atoms with van der Waals surface area (Å²) in [4.78, 5) is 8.79. The highest BCUT2D eigenvalue weighted by atomic mass is 127. The Morgan fingerprint density at radius 3 is 2.69 bits per heavy atom. The summed E-state index contributed by atoms with van der Waals surface area (Å²) in [5.41, 5.74) is 0.905. The fraction of sp³-hybridized carbons (Fsp3) is 0.368. The number of pyridine rings is 1. The Morgan fingerprint density at radius 1 is 1.19 bits per heavy atom. The average molecular weight is 472 g/mol. The molecule has 0 amide bonds. The molecule has 2 N–H and O–H groups in total. The summed E-state index contributed by atoms with van der Waals surface area (Å²) in [5, 5.41) is 6.47. The third-order valence-electron chi connectivity index (χ3n) is 3.52. The number of aromatic nitrogens is 1. The van der Waals surface area contributed by atoms with Gasteiger partial charge in [-0.3, -0.25) is 4.98 Å². The molecule has 0 radical (unpaired) electrons. The summed E-state index contributed by atoms with van der Waals surface area (Å²) in [7, 11) is 0. The van der Waals surface area contributed by atoms with Crippen LogP contribution in [0.3, 0.4) is 0 Å². The quantitative estimate of drug-likeness (QED) is 0.349. The molecule has 142 valence electrons. The molecule has 26 heavy (non-hydrogen) atoms. The molecule has 2 aromatic rings. The van der Waals surface area contributed by atoms with Crippen LogP contribution in [0.15, 0.2) is 53.7 Å². The Hall–Kier alpha value is -1.90. The second-order valence-electron chi connectivity index (χ2n) is 5.50. The largest absolute Gasteiger partial charge is 0.489 e. The van der Waals surface area contributed by atoms with Gasteiger partial charge < -0.3 is 15.4 Å². The molecule has 2 rings (SSSR count). The lowest BCUT2D eigenvalue weighted by molar-refractivity contribution is 0.198. The Bertz CT molecular complexity index is 670. The van der Waals surface area contributed by atoms with Crippen molar-refractivity contribution < 1.29 is 9.13 Å². The van der Waals surface area contributed by atoms with Gasteiger partial charge in [-0.25, -0.2) is 9.38 Å². The van der Waals surface area contributed by atoms with Gasteiger partial charge in [-0.1, -0.05) is 19.1 Å². The first kappa shape index (κ1) is 22.1. The molecule has 0 aliphatic carbocycles. The molecule has 0 fully saturated rings. The summed E-state index contributed by atoms with van der Waals surface area (Å²) in [6.45, 7) is 5.87. The van der Waals surface area contributed by atoms with Crippen LogP contribution in [0, 0.1) is 5.82 Å². The summed E-state index contributed by atoms with van der Waals surface area (Å²) in [6.07, 6.45) is 2.47. The van der Waals surface area contributed by atoms with E-state index in [1.165, 1.54) is 12.1 Å². The Kier molecular flexibility index (Phi) is 10.6. The predicted molar refractivity (Wildman–Crippen MR) is 114 cm³/mol. The summed E-state index contributed by atoms with van der Waals surface area (Å²) in [6, 6.07) is 12.0. The zero-order valence-electron chi connectivity index (χ0n) is 15.1. The van der Waals surface area contributed by atoms with Gasteiger partial charge in [0.1, 0.15) is 17.7 Å². The Morgan fingerprint density at radius 2 is 2.04 bits per heavy atom. The molecule has 0 bridgehead atoms. The van der Waals surface area contributed by atoms with Crippen molar-refractivity contribution in [3.63, 3.8) is 0 Å². The normalized spacial score (nSPS) is 12.0. The van der Waals surface area contributed by atoms with E-state index in [0.29, 0.717) is 24.8 Å². The molecule has 1 aromatic carbocycles. The smallest absolute Gasteiger partial charge is 0.191 e. The average Bonchev–Trinajstić information content (AvgIpc) is 2.63. The molecule has 7 heteroatoms. The highest BCUT2D eigenvalue weighted by Gasteiger charge is 2.10. The van der Waals surface area contributed by atoms with Crippen molar-refractivity contribution in [1.29, 1.82) is 0 Å². The van der Waals surface area contributed by atoms with Crippen LogP contribution < -0.4 is 15.4 Å². The minimum atomic E-state index is -0.300. The summed E-state index contributed by atoms with van der Waals surface area (Å²) >= 11 is 0. The lowest BCUT2D eigenvalue weighted by atomic mass is 10.2. The van der Waals surface area contributed by atoms with Crippen LogP contribution in [0.25, 0.3) is 0 Å². The van der Waals surface area contributed by atoms with E-state index < -0.39 is 0 Å². The lowest BCUT2D eigenvalue weighted by Gasteiger charge is -2.20. The van der Waals surface area contributed by atoms with Crippen LogP contribution in [0.2, 0.25) is 0 Å². The molecule has 1 atom stereocenters. The van der Waals surface area contributed by atoms with Gasteiger partial charge in [0.2, 0.25) is 0 Å². The third-order valence-corrected chi connectivity index (χ3v) is 3.52. The van der Waals surface area contributed by atoms with E-state index in [9.17, 15) is 4.39 Å². The van der Waals surface area contributed by atoms with Crippen LogP contribution in [0.4, 0.5) is 4.39 Å². The van der Waals surface area contributed by atoms with E-state index >= 15 is 0 Å². The summed E-state index contributed by atoms with van der Waals surface area (Å²) < 4.78 is 19.1. The zero-order valence-corrected chi connectivity index (χ0v) is 17.4. The molecule has 5 nitrogen and oxygen atoms in total. The minimum absolute atomic E-state index is 0. The fourth-order valence-electron chi connectivity index (χ4n) is 2.21. The Balaban J connectivity index is 0.00000338. The first-order valence-corrected chi connectivity index (χ1v) is 8.55. The molecule has 0 saturated heterocycles. The maximum atomic E-state index is 13.3. The standard InChI is InChI=1S/C19H25FN4O.HI/c1-3-17(25-18-10-7-8-15(20)12-18)14-24-19(21-4-2)23-13-16-9-5-6-11-22-16;/h5-12,17H,3-4,13-14H2,1-2H3,(H2,21,23,24);1H. The van der Waals surface area contributed by atoms with Gasteiger partial charge in [-0.2, -0.15) is 0 Å². The van der Waals surface area contributed by atoms with E-state index in [2.05, 4.69) is 20.6 Å². The van der Waals surface area contributed by atoms with E-state index in [1.54, 1.807) is 18.3 Å². The monoisotopic (exact) mass is 472 g/mol. The molecule has 0 spiro atoms. The van der Waals surface area contributed by atoms with Crippen molar-refractivity contribution in [3.05, 3.63) is 60.2 Å². The van der Waals surface area contributed by atoms with Gasteiger partial charge in [0.05, 0.1) is 18.8 Å². The minimum Gasteiger partial charge on any atom is -0.489 e. The van der Waals surface area contributed by atoms with Crippen LogP contribution >= 0.6 is 24.0 Å². The van der Waals surface area contributed by atoms with Gasteiger partial charge in [0, 0.05) is 18.8 Å². The second kappa shape index (κ2) is 12.5. The van der Waals surface area contributed by atoms with Crippen molar-refractivity contribution in [1.82, 2.24) is 15.6 Å². The van der Waals surface area contributed by atoms with Gasteiger partial charge in [-0.15, -0.1) is 24.0 Å². The number of halogens is 2. The number of nitrogens with zero attached hydrogens (tertiary/aromatic N) is 2. The van der Waals surface area contributed by atoms with Crippen molar-refractivity contribution >= 4 is 29.9 Å². The molecule has 1 unspecified atom stereocenters. The number of guanidine groups is 1. The maximum absolute atomic E-state index is 13.3. The number of hydrogen-bond donors (Lipinski definition) is 2. The van der Waals surface area contributed by atoms with Gasteiger partial charge in [0.15, 0.2) is 5.96 Å². The first-order valence-electron chi connectivity index (χ1n) is 8.55. The molecule has 1 aromatic heterocycles. The van der Waals surface area contributed by atoms with Crippen LogP contribution in [-0.4, -0.2) is 30.1 Å². The number of ether oxygens (including phenoxy) is 1. The van der Waals surface area contributed by atoms with E-state index in [4.69, 9.17) is 4.74 Å². The Labute approximate surface area is 171 Å². The van der Waals surface area contributed by atoms with Crippen molar-refractivity contribution in [3.8, 4) is 5.75 Å².